The number of ether oxygens (including phenoxy) is 1. The van der Waals surface area contributed by atoms with Crippen molar-refractivity contribution in [1.29, 1.82) is 0 Å². The summed E-state index contributed by atoms with van der Waals surface area (Å²) in [7, 11) is 1.57. The van der Waals surface area contributed by atoms with Gasteiger partial charge in [0.2, 0.25) is 5.91 Å². The minimum absolute atomic E-state index is 0.0431. The third-order valence-electron chi connectivity index (χ3n) is 2.34. The Balaban J connectivity index is 2.49. The summed E-state index contributed by atoms with van der Waals surface area (Å²) >= 11 is 1.35. The predicted octanol–water partition coefficient (Wildman–Crippen LogP) is 1.84. The predicted molar refractivity (Wildman–Crippen MR) is 73.3 cm³/mol. The van der Waals surface area contributed by atoms with Gasteiger partial charge < -0.3 is 10.1 Å². The molecule has 1 N–H and O–H groups in total. The molecule has 0 fully saturated rings. The number of nitrogens with one attached hydrogen (secondary N) is 1. The number of nitrogens with zero attached hydrogens (tertiary/aromatic N) is 1. The molecule has 1 amide bonds. The van der Waals surface area contributed by atoms with Crippen LogP contribution in [0, 0.1) is 10.1 Å². The number of benzene rings is 1. The lowest BCUT2D eigenvalue weighted by atomic mass is 10.3. The molecule has 19 heavy (non-hydrogen) atoms. The van der Waals surface area contributed by atoms with Gasteiger partial charge in [0, 0.05) is 30.7 Å². The molecule has 0 aliphatic rings. The van der Waals surface area contributed by atoms with E-state index >= 15 is 0 Å². The summed E-state index contributed by atoms with van der Waals surface area (Å²) in [5, 5.41) is 13.0. The molecular formula is C12H16N2O4S. The molecular weight excluding hydrogens is 268 g/mol. The molecule has 0 radical (unpaired) electrons. The van der Waals surface area contributed by atoms with E-state index in [1.165, 1.54) is 23.9 Å². The molecule has 6 nitrogen and oxygen atoms in total. The lowest BCUT2D eigenvalue weighted by molar-refractivity contribution is -0.384. The van der Waals surface area contributed by atoms with E-state index in [1.54, 1.807) is 26.2 Å². The molecule has 1 atom stereocenters. The third kappa shape index (κ3) is 5.27. The molecule has 0 aliphatic carbocycles. The molecule has 1 rings (SSSR count). The van der Waals surface area contributed by atoms with Gasteiger partial charge >= 0.3 is 0 Å². The van der Waals surface area contributed by atoms with E-state index < -0.39 is 4.92 Å². The highest BCUT2D eigenvalue weighted by atomic mass is 32.2. The molecule has 104 valence electrons. The number of nitro benzene ring substituents is 1. The Bertz CT molecular complexity index is 436. The van der Waals surface area contributed by atoms with Gasteiger partial charge in [-0.3, -0.25) is 14.9 Å². The van der Waals surface area contributed by atoms with Crippen LogP contribution in [-0.2, 0) is 9.53 Å². The zero-order valence-electron chi connectivity index (χ0n) is 10.8. The van der Waals surface area contributed by atoms with Crippen LogP contribution in [0.25, 0.3) is 0 Å². The maximum atomic E-state index is 11.7. The van der Waals surface area contributed by atoms with Gasteiger partial charge in [-0.1, -0.05) is 0 Å². The van der Waals surface area contributed by atoms with E-state index in [2.05, 4.69) is 5.32 Å². The van der Waals surface area contributed by atoms with Crippen LogP contribution in [0.1, 0.15) is 6.92 Å². The van der Waals surface area contributed by atoms with E-state index in [1.807, 2.05) is 0 Å². The fourth-order valence-electron chi connectivity index (χ4n) is 1.32. The minimum Gasteiger partial charge on any atom is -0.383 e. The summed E-state index contributed by atoms with van der Waals surface area (Å²) < 4.78 is 4.84. The van der Waals surface area contributed by atoms with Crippen molar-refractivity contribution in [2.45, 2.75) is 17.1 Å². The summed E-state index contributed by atoms with van der Waals surface area (Å²) in [6, 6.07) is 6.14. The van der Waals surface area contributed by atoms with Crippen LogP contribution in [0.4, 0.5) is 5.69 Å². The average molecular weight is 284 g/mol. The van der Waals surface area contributed by atoms with Crippen molar-refractivity contribution in [3.63, 3.8) is 0 Å². The van der Waals surface area contributed by atoms with Crippen LogP contribution >= 0.6 is 11.8 Å². The lowest BCUT2D eigenvalue weighted by Crippen LogP contribution is -2.33. The quantitative estimate of drug-likeness (QED) is 0.357. The van der Waals surface area contributed by atoms with Crippen molar-refractivity contribution < 1.29 is 14.5 Å². The summed E-state index contributed by atoms with van der Waals surface area (Å²) in [6.45, 7) is 2.73. The summed E-state index contributed by atoms with van der Waals surface area (Å²) in [6.07, 6.45) is 0. The first kappa shape index (κ1) is 15.5. The molecule has 0 aliphatic heterocycles. The minimum atomic E-state index is -0.449. The molecule has 0 bridgehead atoms. The Morgan fingerprint density at radius 1 is 1.47 bits per heavy atom. The molecule has 1 aromatic rings. The molecule has 1 aromatic carbocycles. The average Bonchev–Trinajstić information content (AvgIpc) is 2.39. The summed E-state index contributed by atoms with van der Waals surface area (Å²) in [4.78, 5) is 22.6. The Labute approximate surface area is 115 Å². The fraction of sp³-hybridized carbons (Fsp3) is 0.417. The zero-order chi connectivity index (χ0) is 14.3. The Morgan fingerprint density at radius 3 is 2.63 bits per heavy atom. The molecule has 0 saturated carbocycles. The number of carbonyl (C=O) groups excluding carboxylic acids is 1. The lowest BCUT2D eigenvalue weighted by Gasteiger charge is -2.11. The van der Waals surface area contributed by atoms with Crippen LogP contribution in [0.2, 0.25) is 0 Å². The van der Waals surface area contributed by atoms with E-state index in [4.69, 9.17) is 4.74 Å². The molecule has 0 saturated heterocycles. The number of rotatable bonds is 7. The largest absolute Gasteiger partial charge is 0.383 e. The molecule has 0 spiro atoms. The number of nitro groups is 1. The van der Waals surface area contributed by atoms with Gasteiger partial charge in [-0.25, -0.2) is 0 Å². The summed E-state index contributed by atoms with van der Waals surface area (Å²) in [5.41, 5.74) is 0.0431. The molecule has 0 unspecified atom stereocenters. The Kier molecular flexibility index (Phi) is 6.31. The zero-order valence-corrected chi connectivity index (χ0v) is 11.6. The first-order valence-corrected chi connectivity index (χ1v) is 6.60. The van der Waals surface area contributed by atoms with Crippen LogP contribution < -0.4 is 5.32 Å². The standard InChI is InChI=1S/C12H16N2O4S/c1-9(12(15)13-7-8-18-2)19-11-5-3-10(4-6-11)14(16)17/h3-6,9H,7-8H2,1-2H3,(H,13,15)/t9-/m0/s1. The maximum absolute atomic E-state index is 11.7. The monoisotopic (exact) mass is 284 g/mol. The normalized spacial score (nSPS) is 11.9. The van der Waals surface area contributed by atoms with E-state index in [0.717, 1.165) is 4.90 Å². The van der Waals surface area contributed by atoms with Crippen molar-refractivity contribution >= 4 is 23.4 Å². The van der Waals surface area contributed by atoms with Crippen LogP contribution in [0.5, 0.6) is 0 Å². The van der Waals surface area contributed by atoms with Crippen LogP contribution in [-0.4, -0.2) is 36.3 Å². The fourth-order valence-corrected chi connectivity index (χ4v) is 2.22. The Hall–Kier alpha value is -1.60. The number of methoxy groups -OCH3 is 1. The first-order chi connectivity index (χ1) is 9.04. The summed E-state index contributed by atoms with van der Waals surface area (Å²) in [5.74, 6) is -0.0830. The number of hydrogen-bond donors (Lipinski definition) is 1. The van der Waals surface area contributed by atoms with Gasteiger partial charge in [-0.15, -0.1) is 11.8 Å². The molecule has 0 aromatic heterocycles. The van der Waals surface area contributed by atoms with Gasteiger partial charge in [0.25, 0.3) is 5.69 Å². The van der Waals surface area contributed by atoms with Gasteiger partial charge in [0.05, 0.1) is 16.8 Å². The van der Waals surface area contributed by atoms with Crippen molar-refractivity contribution in [1.82, 2.24) is 5.32 Å². The van der Waals surface area contributed by atoms with Gasteiger partial charge in [0.15, 0.2) is 0 Å². The van der Waals surface area contributed by atoms with Crippen molar-refractivity contribution in [3.8, 4) is 0 Å². The number of thioether (sulfide) groups is 1. The van der Waals surface area contributed by atoms with E-state index in [9.17, 15) is 14.9 Å². The highest BCUT2D eigenvalue weighted by molar-refractivity contribution is 8.00. The Morgan fingerprint density at radius 2 is 2.11 bits per heavy atom. The second kappa shape index (κ2) is 7.75. The number of amides is 1. The second-order valence-corrected chi connectivity index (χ2v) is 5.21. The number of hydrogen-bond acceptors (Lipinski definition) is 5. The molecule has 0 heterocycles. The van der Waals surface area contributed by atoms with Crippen molar-refractivity contribution in [3.05, 3.63) is 34.4 Å². The van der Waals surface area contributed by atoms with Gasteiger partial charge in [-0.2, -0.15) is 0 Å². The first-order valence-electron chi connectivity index (χ1n) is 5.72. The topological polar surface area (TPSA) is 81.5 Å². The molecule has 7 heteroatoms. The van der Waals surface area contributed by atoms with E-state index in [0.29, 0.717) is 13.2 Å². The second-order valence-electron chi connectivity index (χ2n) is 3.79. The van der Waals surface area contributed by atoms with Crippen LogP contribution in [0.15, 0.2) is 29.2 Å². The third-order valence-corrected chi connectivity index (χ3v) is 3.45. The highest BCUT2D eigenvalue weighted by Gasteiger charge is 2.14. The van der Waals surface area contributed by atoms with E-state index in [-0.39, 0.29) is 16.8 Å². The maximum Gasteiger partial charge on any atom is 0.269 e. The number of non-ortho nitro benzene ring substituents is 1. The van der Waals surface area contributed by atoms with Crippen LogP contribution in [0.3, 0.4) is 0 Å². The van der Waals surface area contributed by atoms with Gasteiger partial charge in [-0.05, 0) is 19.1 Å². The highest BCUT2D eigenvalue weighted by Crippen LogP contribution is 2.25. The smallest absolute Gasteiger partial charge is 0.269 e. The SMILES string of the molecule is COCCNC(=O)[C@H](C)Sc1ccc([N+](=O)[O-])cc1. The van der Waals surface area contributed by atoms with Crippen molar-refractivity contribution in [2.75, 3.05) is 20.3 Å². The van der Waals surface area contributed by atoms with Crippen molar-refractivity contribution in [2.24, 2.45) is 0 Å². The number of carbonyl (C=O) groups is 1. The van der Waals surface area contributed by atoms with Gasteiger partial charge in [0.1, 0.15) is 0 Å².